The van der Waals surface area contributed by atoms with E-state index in [0.29, 0.717) is 5.06 Å². The van der Waals surface area contributed by atoms with Crippen molar-refractivity contribution >= 4 is 23.7 Å². The molecule has 9 nitrogen and oxygen atoms in total. The van der Waals surface area contributed by atoms with Gasteiger partial charge in [0.05, 0.1) is 18.2 Å². The van der Waals surface area contributed by atoms with Gasteiger partial charge in [-0.2, -0.15) is 8.78 Å². The van der Waals surface area contributed by atoms with Gasteiger partial charge in [0.1, 0.15) is 6.54 Å². The number of rotatable bonds is 7. The molecule has 2 aromatic rings. The number of nitrogens with one attached hydrogen (secondary N) is 1. The van der Waals surface area contributed by atoms with Crippen LogP contribution in [0.1, 0.15) is 31.1 Å². The Morgan fingerprint density at radius 3 is 2.23 bits per heavy atom. The van der Waals surface area contributed by atoms with E-state index in [4.69, 9.17) is 9.57 Å². The number of ether oxygens (including phenoxy) is 2. The molecule has 0 spiro atoms. The molecular weight excluding hydrogens is 406 g/mol. The number of halogens is 2. The summed E-state index contributed by atoms with van der Waals surface area (Å²) in [6, 6.07) is 9.38. The lowest BCUT2D eigenvalue weighted by Gasteiger charge is -2.13. The normalized spacial score (nSPS) is 12.6. The van der Waals surface area contributed by atoms with Crippen molar-refractivity contribution in [2.24, 2.45) is 0 Å². The van der Waals surface area contributed by atoms with Gasteiger partial charge in [-0.15, -0.1) is 0 Å². The van der Waals surface area contributed by atoms with E-state index in [1.54, 1.807) is 12.1 Å². The molecular formula is C19H14F2N2O7. The van der Waals surface area contributed by atoms with Gasteiger partial charge in [0.15, 0.2) is 11.5 Å². The smallest absolute Gasteiger partial charge is 0.387 e. The van der Waals surface area contributed by atoms with Gasteiger partial charge in [-0.05, 0) is 30.3 Å². The minimum absolute atomic E-state index is 0.0120. The quantitative estimate of drug-likeness (QED) is 0.680. The SMILES string of the molecule is COc1cc(C(=O)NCC(=O)ON2C(=O)c3ccccc3C2=O)ccc1OC(F)F. The largest absolute Gasteiger partial charge is 0.493 e. The lowest BCUT2D eigenvalue weighted by atomic mass is 10.1. The molecule has 0 aromatic heterocycles. The summed E-state index contributed by atoms with van der Waals surface area (Å²) in [6.45, 7) is -3.74. The maximum atomic E-state index is 12.4. The summed E-state index contributed by atoms with van der Waals surface area (Å²) >= 11 is 0. The van der Waals surface area contributed by atoms with Crippen molar-refractivity contribution in [3.05, 3.63) is 59.2 Å². The van der Waals surface area contributed by atoms with Crippen molar-refractivity contribution in [1.29, 1.82) is 0 Å². The number of alkyl halides is 2. The fourth-order valence-electron chi connectivity index (χ4n) is 2.64. The number of hydroxylamine groups is 2. The predicted octanol–water partition coefficient (Wildman–Crippen LogP) is 1.78. The van der Waals surface area contributed by atoms with Gasteiger partial charge in [0.25, 0.3) is 17.7 Å². The number of hydrogen-bond donors (Lipinski definition) is 1. The number of carbonyl (C=O) groups excluding carboxylic acids is 4. The van der Waals surface area contributed by atoms with E-state index in [-0.39, 0.29) is 28.2 Å². The Balaban J connectivity index is 1.59. The third kappa shape index (κ3) is 4.19. The highest BCUT2D eigenvalue weighted by Crippen LogP contribution is 2.29. The van der Waals surface area contributed by atoms with Crippen LogP contribution in [-0.4, -0.2) is 49.0 Å². The molecule has 1 aliphatic rings. The summed E-state index contributed by atoms with van der Waals surface area (Å²) in [6.07, 6.45) is 0. The first-order valence-electron chi connectivity index (χ1n) is 8.41. The van der Waals surface area contributed by atoms with E-state index < -0.39 is 36.8 Å². The molecule has 0 aliphatic carbocycles. The van der Waals surface area contributed by atoms with E-state index >= 15 is 0 Å². The monoisotopic (exact) mass is 420 g/mol. The number of nitrogens with zero attached hydrogens (tertiary/aromatic N) is 1. The second-order valence-electron chi connectivity index (χ2n) is 5.84. The maximum Gasteiger partial charge on any atom is 0.387 e. The summed E-state index contributed by atoms with van der Waals surface area (Å²) in [4.78, 5) is 53.2. The number of imide groups is 1. The Labute approximate surface area is 168 Å². The van der Waals surface area contributed by atoms with Crippen LogP contribution in [0.25, 0.3) is 0 Å². The van der Waals surface area contributed by atoms with Crippen LogP contribution in [0.2, 0.25) is 0 Å². The molecule has 1 heterocycles. The highest BCUT2D eigenvalue weighted by Gasteiger charge is 2.38. The predicted molar refractivity (Wildman–Crippen MR) is 95.0 cm³/mol. The first kappa shape index (κ1) is 20.7. The second-order valence-corrected chi connectivity index (χ2v) is 5.84. The van der Waals surface area contributed by atoms with E-state index in [0.717, 1.165) is 12.1 Å². The average Bonchev–Trinajstić information content (AvgIpc) is 2.97. The molecule has 0 atom stereocenters. The molecule has 3 amide bonds. The van der Waals surface area contributed by atoms with Crippen LogP contribution in [0.15, 0.2) is 42.5 Å². The van der Waals surface area contributed by atoms with Crippen LogP contribution in [0.4, 0.5) is 8.78 Å². The van der Waals surface area contributed by atoms with Crippen LogP contribution in [0.5, 0.6) is 11.5 Å². The van der Waals surface area contributed by atoms with Crippen molar-refractivity contribution in [1.82, 2.24) is 10.4 Å². The summed E-state index contributed by atoms with van der Waals surface area (Å²) in [5.74, 6) is -3.80. The Morgan fingerprint density at radius 1 is 1.03 bits per heavy atom. The van der Waals surface area contributed by atoms with Gasteiger partial charge < -0.3 is 19.6 Å². The standard InChI is InChI=1S/C19H14F2N2O7/c1-28-14-8-10(6-7-13(14)29-19(20)21)16(25)22-9-15(24)30-23-17(26)11-4-2-3-5-12(11)18(23)27/h2-8,19H,9H2,1H3,(H,22,25). The van der Waals surface area contributed by atoms with Crippen LogP contribution in [0, 0.1) is 0 Å². The van der Waals surface area contributed by atoms with Gasteiger partial charge in [0, 0.05) is 5.56 Å². The number of methoxy groups -OCH3 is 1. The lowest BCUT2D eigenvalue weighted by Crippen LogP contribution is -2.38. The minimum atomic E-state index is -3.07. The highest BCUT2D eigenvalue weighted by atomic mass is 19.3. The fraction of sp³-hybridized carbons (Fsp3) is 0.158. The summed E-state index contributed by atoms with van der Waals surface area (Å²) < 4.78 is 33.9. The van der Waals surface area contributed by atoms with Crippen molar-refractivity contribution in [3.63, 3.8) is 0 Å². The van der Waals surface area contributed by atoms with Gasteiger partial charge in [0.2, 0.25) is 0 Å². The van der Waals surface area contributed by atoms with Crippen molar-refractivity contribution in [2.75, 3.05) is 13.7 Å². The lowest BCUT2D eigenvalue weighted by molar-refractivity contribution is -0.167. The number of amides is 3. The fourth-order valence-corrected chi connectivity index (χ4v) is 2.64. The Hall–Kier alpha value is -4.02. The molecule has 0 fully saturated rings. The van der Waals surface area contributed by atoms with Crippen molar-refractivity contribution in [3.8, 4) is 11.5 Å². The second kappa shape index (κ2) is 8.55. The number of hydrogen-bond acceptors (Lipinski definition) is 7. The Bertz CT molecular complexity index is 991. The van der Waals surface area contributed by atoms with E-state index in [2.05, 4.69) is 10.1 Å². The van der Waals surface area contributed by atoms with Crippen LogP contribution >= 0.6 is 0 Å². The Morgan fingerprint density at radius 2 is 1.67 bits per heavy atom. The molecule has 0 unspecified atom stereocenters. The van der Waals surface area contributed by atoms with E-state index in [1.807, 2.05) is 0 Å². The molecule has 3 rings (SSSR count). The maximum absolute atomic E-state index is 12.4. The van der Waals surface area contributed by atoms with E-state index in [9.17, 15) is 28.0 Å². The molecule has 156 valence electrons. The van der Waals surface area contributed by atoms with E-state index in [1.165, 1.54) is 25.3 Å². The zero-order valence-corrected chi connectivity index (χ0v) is 15.4. The van der Waals surface area contributed by atoms with Gasteiger partial charge >= 0.3 is 12.6 Å². The minimum Gasteiger partial charge on any atom is -0.493 e. The molecule has 0 saturated carbocycles. The number of benzene rings is 2. The van der Waals surface area contributed by atoms with Gasteiger partial charge in [-0.1, -0.05) is 17.2 Å². The van der Waals surface area contributed by atoms with Crippen LogP contribution in [-0.2, 0) is 9.63 Å². The van der Waals surface area contributed by atoms with Gasteiger partial charge in [-0.25, -0.2) is 4.79 Å². The van der Waals surface area contributed by atoms with Crippen molar-refractivity contribution in [2.45, 2.75) is 6.61 Å². The van der Waals surface area contributed by atoms with Crippen LogP contribution in [0.3, 0.4) is 0 Å². The summed E-state index contributed by atoms with van der Waals surface area (Å²) in [7, 11) is 1.20. The average molecular weight is 420 g/mol. The first-order chi connectivity index (χ1) is 14.3. The molecule has 0 saturated heterocycles. The number of carbonyl (C=O) groups is 4. The first-order valence-corrected chi connectivity index (χ1v) is 8.41. The topological polar surface area (TPSA) is 111 Å². The molecule has 1 N–H and O–H groups in total. The van der Waals surface area contributed by atoms with Crippen LogP contribution < -0.4 is 14.8 Å². The zero-order valence-electron chi connectivity index (χ0n) is 15.4. The third-order valence-electron chi connectivity index (χ3n) is 3.99. The van der Waals surface area contributed by atoms with Gasteiger partial charge in [-0.3, -0.25) is 14.4 Å². The molecule has 30 heavy (non-hydrogen) atoms. The number of fused-ring (bicyclic) bond motifs is 1. The Kier molecular flexibility index (Phi) is 5.90. The molecule has 11 heteroatoms. The molecule has 0 radical (unpaired) electrons. The molecule has 0 bridgehead atoms. The summed E-state index contributed by atoms with van der Waals surface area (Å²) in [5.41, 5.74) is 0.178. The molecule has 1 aliphatic heterocycles. The summed E-state index contributed by atoms with van der Waals surface area (Å²) in [5, 5.41) is 2.55. The molecule has 2 aromatic carbocycles. The third-order valence-corrected chi connectivity index (χ3v) is 3.99. The van der Waals surface area contributed by atoms with Crippen molar-refractivity contribution < 1.29 is 42.3 Å². The highest BCUT2D eigenvalue weighted by molar-refractivity contribution is 6.20. The zero-order chi connectivity index (χ0) is 21.8.